The highest BCUT2D eigenvalue weighted by molar-refractivity contribution is 5.17. The maximum atomic E-state index is 11.5. The first-order chi connectivity index (χ1) is 8.04. The molecule has 94 valence electrons. The van der Waals surface area contributed by atoms with Crippen molar-refractivity contribution in [1.29, 1.82) is 0 Å². The lowest BCUT2D eigenvalue weighted by molar-refractivity contribution is 0.00219. The summed E-state index contributed by atoms with van der Waals surface area (Å²) in [6.07, 6.45) is -0.634. The summed E-state index contributed by atoms with van der Waals surface area (Å²) < 4.78 is 0. The van der Waals surface area contributed by atoms with Gasteiger partial charge in [-0.25, -0.2) is 4.79 Å². The predicted octanol–water partition coefficient (Wildman–Crippen LogP) is -2.12. The van der Waals surface area contributed by atoms with Crippen molar-refractivity contribution in [3.63, 3.8) is 0 Å². The second-order valence-electron chi connectivity index (χ2n) is 4.29. The second-order valence-corrected chi connectivity index (χ2v) is 4.29. The zero-order valence-electron chi connectivity index (χ0n) is 8.96. The highest BCUT2D eigenvalue weighted by atomic mass is 16.3. The summed E-state index contributed by atoms with van der Waals surface area (Å²) in [4.78, 5) is 26.8. The molecule has 1 fully saturated rings. The van der Waals surface area contributed by atoms with Crippen LogP contribution in [0.4, 0.5) is 0 Å². The smallest absolute Gasteiger partial charge is 0.325 e. The van der Waals surface area contributed by atoms with E-state index in [1.807, 2.05) is 0 Å². The highest BCUT2D eigenvalue weighted by Crippen LogP contribution is 2.36. The predicted molar refractivity (Wildman–Crippen MR) is 57.6 cm³/mol. The van der Waals surface area contributed by atoms with Crippen LogP contribution in [0, 0.1) is 5.92 Å². The van der Waals surface area contributed by atoms with Gasteiger partial charge in [-0.15, -0.1) is 0 Å². The molecule has 1 aliphatic carbocycles. The molecule has 1 aliphatic rings. The van der Waals surface area contributed by atoms with Gasteiger partial charge in [-0.2, -0.15) is 0 Å². The van der Waals surface area contributed by atoms with Gasteiger partial charge in [0.1, 0.15) is 0 Å². The molecule has 1 saturated carbocycles. The Kier molecular flexibility index (Phi) is 3.14. The summed E-state index contributed by atoms with van der Waals surface area (Å²) in [6, 6.07) is 0. The van der Waals surface area contributed by atoms with E-state index in [9.17, 15) is 19.8 Å². The Balaban J connectivity index is 2.35. The monoisotopic (exact) mass is 242 g/mol. The lowest BCUT2D eigenvalue weighted by atomic mass is 9.97. The van der Waals surface area contributed by atoms with Crippen molar-refractivity contribution in [1.82, 2.24) is 9.97 Å². The van der Waals surface area contributed by atoms with Crippen molar-refractivity contribution in [3.8, 4) is 0 Å². The Hall–Kier alpha value is -1.44. The largest absolute Gasteiger partial charge is 0.396 e. The van der Waals surface area contributed by atoms with E-state index in [0.29, 0.717) is 6.42 Å². The molecule has 0 radical (unpaired) electrons. The summed E-state index contributed by atoms with van der Waals surface area (Å²) in [5.41, 5.74) is -0.985. The summed E-state index contributed by atoms with van der Waals surface area (Å²) >= 11 is 0. The van der Waals surface area contributed by atoms with Crippen molar-refractivity contribution in [3.05, 3.63) is 32.6 Å². The van der Waals surface area contributed by atoms with Crippen LogP contribution < -0.4 is 11.2 Å². The van der Waals surface area contributed by atoms with Crippen LogP contribution in [0.25, 0.3) is 0 Å². The molecule has 0 aromatic carbocycles. The molecule has 0 amide bonds. The number of hydrogen-bond acceptors (Lipinski definition) is 5. The van der Waals surface area contributed by atoms with E-state index in [-0.39, 0.29) is 12.2 Å². The number of aromatic nitrogens is 2. The number of rotatable bonds is 2. The number of aliphatic hydroxyl groups is 3. The standard InChI is InChI=1S/C10H14N2O5/c13-3-4-1-5(8(15)7(4)14)6-2-11-10(17)12-9(6)16/h2,4-5,7-8,13-15H,1,3H2,(H2,11,12,16,17)/t4-,5+,7-,8+/m1/s1. The van der Waals surface area contributed by atoms with Crippen LogP contribution in [0.5, 0.6) is 0 Å². The van der Waals surface area contributed by atoms with Gasteiger partial charge in [0.2, 0.25) is 0 Å². The lowest BCUT2D eigenvalue weighted by Crippen LogP contribution is -2.32. The number of nitrogens with one attached hydrogen (secondary N) is 2. The van der Waals surface area contributed by atoms with E-state index >= 15 is 0 Å². The summed E-state index contributed by atoms with van der Waals surface area (Å²) in [6.45, 7) is -0.254. The molecule has 4 atom stereocenters. The normalized spacial score (nSPS) is 32.9. The lowest BCUT2D eigenvalue weighted by Gasteiger charge is -2.15. The molecule has 0 saturated heterocycles. The summed E-state index contributed by atoms with van der Waals surface area (Å²) in [7, 11) is 0. The van der Waals surface area contributed by atoms with E-state index in [2.05, 4.69) is 9.97 Å². The third kappa shape index (κ3) is 2.04. The van der Waals surface area contributed by atoms with Gasteiger partial charge >= 0.3 is 5.69 Å². The SMILES string of the molecule is O=c1[nH]cc([C@@H]2C[C@H](CO)[C@@H](O)[C@H]2O)c(=O)[nH]1. The molecule has 1 aromatic heterocycles. The van der Waals surface area contributed by atoms with Crippen molar-refractivity contribution in [2.75, 3.05) is 6.61 Å². The van der Waals surface area contributed by atoms with Crippen LogP contribution in [0.15, 0.2) is 15.8 Å². The third-order valence-corrected chi connectivity index (χ3v) is 3.28. The molecule has 0 unspecified atom stereocenters. The van der Waals surface area contributed by atoms with E-state index in [1.54, 1.807) is 0 Å². The van der Waals surface area contributed by atoms with Crippen molar-refractivity contribution in [2.45, 2.75) is 24.5 Å². The topological polar surface area (TPSA) is 126 Å². The number of hydrogen-bond donors (Lipinski definition) is 5. The maximum Gasteiger partial charge on any atom is 0.325 e. The molecule has 0 spiro atoms. The molecule has 7 nitrogen and oxygen atoms in total. The first kappa shape index (κ1) is 12.0. The van der Waals surface area contributed by atoms with E-state index < -0.39 is 35.3 Å². The van der Waals surface area contributed by atoms with E-state index in [1.165, 1.54) is 6.20 Å². The van der Waals surface area contributed by atoms with Crippen LogP contribution in [0.1, 0.15) is 17.9 Å². The minimum absolute atomic E-state index is 0.215. The molecule has 2 rings (SSSR count). The van der Waals surface area contributed by atoms with Crippen molar-refractivity contribution >= 4 is 0 Å². The van der Waals surface area contributed by atoms with Crippen LogP contribution in [0.2, 0.25) is 0 Å². The quantitative estimate of drug-likeness (QED) is 0.405. The number of H-pyrrole nitrogens is 2. The fourth-order valence-electron chi connectivity index (χ4n) is 2.31. The Morgan fingerprint density at radius 1 is 1.29 bits per heavy atom. The number of aliphatic hydroxyl groups excluding tert-OH is 3. The minimum atomic E-state index is -1.11. The van der Waals surface area contributed by atoms with Gasteiger partial charge in [-0.05, 0) is 6.42 Å². The summed E-state index contributed by atoms with van der Waals surface area (Å²) in [5.74, 6) is -1.04. The molecular formula is C10H14N2O5. The molecule has 17 heavy (non-hydrogen) atoms. The Labute approximate surface area is 95.8 Å². The third-order valence-electron chi connectivity index (χ3n) is 3.28. The first-order valence-corrected chi connectivity index (χ1v) is 5.33. The van der Waals surface area contributed by atoms with Gasteiger partial charge in [-0.1, -0.05) is 0 Å². The maximum absolute atomic E-state index is 11.5. The molecule has 1 heterocycles. The van der Waals surface area contributed by atoms with Gasteiger partial charge in [0.15, 0.2) is 0 Å². The van der Waals surface area contributed by atoms with Gasteiger partial charge in [0.05, 0.1) is 12.2 Å². The molecular weight excluding hydrogens is 228 g/mol. The van der Waals surface area contributed by atoms with E-state index in [4.69, 9.17) is 5.11 Å². The van der Waals surface area contributed by atoms with Crippen LogP contribution in [-0.2, 0) is 0 Å². The van der Waals surface area contributed by atoms with Crippen molar-refractivity contribution < 1.29 is 15.3 Å². The fourth-order valence-corrected chi connectivity index (χ4v) is 2.31. The zero-order valence-corrected chi connectivity index (χ0v) is 8.96. The van der Waals surface area contributed by atoms with Crippen LogP contribution in [-0.4, -0.2) is 44.1 Å². The second kappa shape index (κ2) is 4.44. The van der Waals surface area contributed by atoms with Gasteiger partial charge in [0.25, 0.3) is 5.56 Å². The molecule has 7 heteroatoms. The molecule has 0 aliphatic heterocycles. The highest BCUT2D eigenvalue weighted by Gasteiger charge is 2.42. The van der Waals surface area contributed by atoms with Crippen LogP contribution in [0.3, 0.4) is 0 Å². The Morgan fingerprint density at radius 2 is 2.00 bits per heavy atom. The van der Waals surface area contributed by atoms with Gasteiger partial charge in [0, 0.05) is 30.2 Å². The Morgan fingerprint density at radius 3 is 2.53 bits per heavy atom. The zero-order chi connectivity index (χ0) is 12.6. The number of aromatic amines is 2. The van der Waals surface area contributed by atoms with Crippen LogP contribution >= 0.6 is 0 Å². The van der Waals surface area contributed by atoms with E-state index in [0.717, 1.165) is 0 Å². The van der Waals surface area contributed by atoms with Gasteiger partial charge in [-0.3, -0.25) is 9.78 Å². The van der Waals surface area contributed by atoms with Crippen molar-refractivity contribution in [2.24, 2.45) is 5.92 Å². The van der Waals surface area contributed by atoms with Gasteiger partial charge < -0.3 is 20.3 Å². The first-order valence-electron chi connectivity index (χ1n) is 5.33. The molecule has 5 N–H and O–H groups in total. The summed E-state index contributed by atoms with van der Waals surface area (Å²) in [5, 5.41) is 28.5. The fraction of sp³-hybridized carbons (Fsp3) is 0.600. The minimum Gasteiger partial charge on any atom is -0.396 e. The average Bonchev–Trinajstić information content (AvgIpc) is 2.57. The molecule has 0 bridgehead atoms. The Bertz CT molecular complexity index is 508. The average molecular weight is 242 g/mol. The molecule has 1 aromatic rings.